The first-order valence-electron chi connectivity index (χ1n) is 9.62. The smallest absolute Gasteiger partial charge is 0.204 e. The molecule has 1 aliphatic heterocycles. The van der Waals surface area contributed by atoms with Gasteiger partial charge in [-0.25, -0.2) is 0 Å². The maximum atomic E-state index is 6.35. The summed E-state index contributed by atoms with van der Waals surface area (Å²) in [5.74, 6) is 1.88. The molecule has 2 heterocycles. The monoisotopic (exact) mass is 493 g/mol. The number of hydrogen-bond acceptors (Lipinski definition) is 7. The zero-order valence-electron chi connectivity index (χ0n) is 16.9. The average molecular weight is 495 g/mol. The fourth-order valence-electron chi connectivity index (χ4n) is 2.98. The van der Waals surface area contributed by atoms with Crippen molar-refractivity contribution in [1.82, 2.24) is 20.2 Å². The van der Waals surface area contributed by atoms with Crippen LogP contribution >= 0.6 is 34.8 Å². The summed E-state index contributed by atoms with van der Waals surface area (Å²) in [4.78, 5) is 6.95. The van der Waals surface area contributed by atoms with E-state index in [1.807, 2.05) is 30.3 Å². The van der Waals surface area contributed by atoms with E-state index in [1.165, 1.54) is 4.80 Å². The average Bonchev–Trinajstić information content (AvgIpc) is 3.43. The molecule has 0 N–H and O–H groups in total. The van der Waals surface area contributed by atoms with E-state index in [9.17, 15) is 0 Å². The molecule has 1 aliphatic rings. The number of oxime groups is 1. The largest absolute Gasteiger partial charge is 0.490 e. The molecule has 166 valence electrons. The normalized spacial score (nSPS) is 15.1. The van der Waals surface area contributed by atoms with Gasteiger partial charge in [0.25, 0.3) is 0 Å². The number of halogens is 3. The van der Waals surface area contributed by atoms with Crippen LogP contribution in [0.4, 0.5) is 0 Å². The highest BCUT2D eigenvalue weighted by Gasteiger charge is 2.25. The van der Waals surface area contributed by atoms with Gasteiger partial charge in [0.2, 0.25) is 5.82 Å². The molecule has 0 aliphatic carbocycles. The Kier molecular flexibility index (Phi) is 7.14. The van der Waals surface area contributed by atoms with E-state index >= 15 is 0 Å². The lowest BCUT2D eigenvalue weighted by molar-refractivity contribution is 0.0471. The minimum Gasteiger partial charge on any atom is -0.490 e. The minimum absolute atomic E-state index is 0.149. The number of ether oxygens (including phenoxy) is 2. The topological polar surface area (TPSA) is 83.7 Å². The predicted molar refractivity (Wildman–Crippen MR) is 122 cm³/mol. The van der Waals surface area contributed by atoms with Crippen molar-refractivity contribution in [2.24, 2.45) is 12.2 Å². The second kappa shape index (κ2) is 10.2. The molecule has 1 atom stereocenters. The molecule has 0 spiro atoms. The summed E-state index contributed by atoms with van der Waals surface area (Å²) in [5, 5.41) is 16.7. The number of hydrogen-bond donors (Lipinski definition) is 0. The fourth-order valence-corrected chi connectivity index (χ4v) is 3.33. The third-order valence-corrected chi connectivity index (χ3v) is 5.16. The van der Waals surface area contributed by atoms with Crippen molar-refractivity contribution < 1.29 is 14.3 Å². The highest BCUT2D eigenvalue weighted by molar-refractivity contribution is 6.55. The maximum Gasteiger partial charge on any atom is 0.204 e. The number of aromatic nitrogens is 4. The zero-order valence-corrected chi connectivity index (χ0v) is 19.2. The molecule has 1 unspecified atom stereocenters. The van der Waals surface area contributed by atoms with Gasteiger partial charge in [-0.15, -0.1) is 10.2 Å². The standard InChI is InChI=1S/C21H18Cl3N5O3/c1-29-26-21(25-28-29)13-2-4-14(5-3-13)31-12-16-11-19(27-32-16)17-10-15(6-7-18(17)22)30-9-8-20(23)24/h2-8,10,16H,9,11-12H2,1H3. The molecule has 0 saturated carbocycles. The molecule has 0 fully saturated rings. The van der Waals surface area contributed by atoms with Crippen LogP contribution in [-0.4, -0.2) is 45.2 Å². The lowest BCUT2D eigenvalue weighted by Crippen LogP contribution is -2.18. The molecule has 0 radical (unpaired) electrons. The van der Waals surface area contributed by atoms with Crippen molar-refractivity contribution in [2.45, 2.75) is 12.5 Å². The van der Waals surface area contributed by atoms with E-state index in [0.29, 0.717) is 35.4 Å². The summed E-state index contributed by atoms with van der Waals surface area (Å²) in [6.07, 6.45) is 1.88. The van der Waals surface area contributed by atoms with E-state index in [4.69, 9.17) is 49.1 Å². The van der Waals surface area contributed by atoms with Crippen LogP contribution in [0.1, 0.15) is 12.0 Å². The van der Waals surface area contributed by atoms with Crippen molar-refractivity contribution >= 4 is 40.5 Å². The molecule has 3 aromatic rings. The molecule has 0 bridgehead atoms. The van der Waals surface area contributed by atoms with Crippen LogP contribution in [0, 0.1) is 0 Å². The molecular weight excluding hydrogens is 477 g/mol. The van der Waals surface area contributed by atoms with Gasteiger partial charge < -0.3 is 14.3 Å². The third kappa shape index (κ3) is 5.70. The van der Waals surface area contributed by atoms with Crippen LogP contribution in [0.3, 0.4) is 0 Å². The summed E-state index contributed by atoms with van der Waals surface area (Å²) in [5.41, 5.74) is 2.33. The van der Waals surface area contributed by atoms with E-state index in [1.54, 1.807) is 25.3 Å². The van der Waals surface area contributed by atoms with Crippen LogP contribution in [0.5, 0.6) is 11.5 Å². The predicted octanol–water partition coefficient (Wildman–Crippen LogP) is 4.80. The molecule has 1 aromatic heterocycles. The van der Waals surface area contributed by atoms with Crippen molar-refractivity contribution in [3.8, 4) is 22.9 Å². The summed E-state index contributed by atoms with van der Waals surface area (Å²) in [6.45, 7) is 0.580. The van der Waals surface area contributed by atoms with E-state index in [0.717, 1.165) is 16.8 Å². The quantitative estimate of drug-likeness (QED) is 0.447. The maximum absolute atomic E-state index is 6.35. The Hall–Kier alpha value is -2.81. The van der Waals surface area contributed by atoms with Crippen LogP contribution in [0.25, 0.3) is 11.4 Å². The van der Waals surface area contributed by atoms with Crippen molar-refractivity contribution in [2.75, 3.05) is 13.2 Å². The van der Waals surface area contributed by atoms with Crippen molar-refractivity contribution in [1.29, 1.82) is 0 Å². The van der Waals surface area contributed by atoms with Crippen LogP contribution in [-0.2, 0) is 11.9 Å². The fraction of sp³-hybridized carbons (Fsp3) is 0.238. The summed E-state index contributed by atoms with van der Waals surface area (Å²) in [7, 11) is 1.72. The second-order valence-electron chi connectivity index (χ2n) is 6.85. The molecule has 8 nitrogen and oxygen atoms in total. The lowest BCUT2D eigenvalue weighted by atomic mass is 10.0. The molecule has 11 heteroatoms. The lowest BCUT2D eigenvalue weighted by Gasteiger charge is -2.11. The number of tetrazole rings is 1. The van der Waals surface area contributed by atoms with Gasteiger partial charge >= 0.3 is 0 Å². The van der Waals surface area contributed by atoms with Gasteiger partial charge in [-0.1, -0.05) is 40.0 Å². The van der Waals surface area contributed by atoms with Crippen LogP contribution < -0.4 is 9.47 Å². The van der Waals surface area contributed by atoms with E-state index < -0.39 is 0 Å². The molecule has 0 saturated heterocycles. The first kappa shape index (κ1) is 22.4. The Balaban J connectivity index is 1.32. The summed E-state index contributed by atoms with van der Waals surface area (Å²) in [6, 6.07) is 12.8. The highest BCUT2D eigenvalue weighted by Crippen LogP contribution is 2.28. The number of nitrogens with zero attached hydrogens (tertiary/aromatic N) is 5. The Morgan fingerprint density at radius 1 is 1.16 bits per heavy atom. The van der Waals surface area contributed by atoms with Gasteiger partial charge in [-0.3, -0.25) is 0 Å². The van der Waals surface area contributed by atoms with Gasteiger partial charge in [0, 0.05) is 17.5 Å². The Morgan fingerprint density at radius 3 is 2.66 bits per heavy atom. The van der Waals surface area contributed by atoms with E-state index in [2.05, 4.69) is 20.6 Å². The first-order valence-corrected chi connectivity index (χ1v) is 10.7. The van der Waals surface area contributed by atoms with Crippen LogP contribution in [0.2, 0.25) is 5.02 Å². The van der Waals surface area contributed by atoms with Gasteiger partial charge in [0.05, 0.1) is 17.8 Å². The van der Waals surface area contributed by atoms with Gasteiger partial charge in [0.15, 0.2) is 6.10 Å². The molecule has 4 rings (SSSR count). The second-order valence-corrected chi connectivity index (χ2v) is 8.27. The minimum atomic E-state index is -0.232. The molecule has 32 heavy (non-hydrogen) atoms. The Morgan fingerprint density at radius 2 is 1.94 bits per heavy atom. The first-order chi connectivity index (χ1) is 15.5. The zero-order chi connectivity index (χ0) is 22.5. The number of aryl methyl sites for hydroxylation is 1. The van der Waals surface area contributed by atoms with E-state index in [-0.39, 0.29) is 17.2 Å². The Labute approximate surface area is 199 Å². The van der Waals surface area contributed by atoms with Crippen LogP contribution in [0.15, 0.2) is 58.2 Å². The molecular formula is C21H18Cl3N5O3. The van der Waals surface area contributed by atoms with Gasteiger partial charge in [-0.05, 0) is 53.8 Å². The summed E-state index contributed by atoms with van der Waals surface area (Å²) < 4.78 is 11.6. The van der Waals surface area contributed by atoms with Gasteiger partial charge in [0.1, 0.15) is 29.2 Å². The summed E-state index contributed by atoms with van der Waals surface area (Å²) >= 11 is 17.6. The van der Waals surface area contributed by atoms with Crippen molar-refractivity contribution in [3.05, 3.63) is 63.6 Å². The molecule has 0 amide bonds. The third-order valence-electron chi connectivity index (χ3n) is 4.53. The molecule has 2 aromatic carbocycles. The van der Waals surface area contributed by atoms with Gasteiger partial charge in [-0.2, -0.15) is 4.80 Å². The Bertz CT molecular complexity index is 1140. The number of benzene rings is 2. The van der Waals surface area contributed by atoms with Crippen molar-refractivity contribution in [3.63, 3.8) is 0 Å². The highest BCUT2D eigenvalue weighted by atomic mass is 35.5. The number of rotatable bonds is 8. The SMILES string of the molecule is Cn1nnc(-c2ccc(OCC3CC(c4cc(OCC=C(Cl)Cl)ccc4Cl)=NO3)cc2)n1.